The summed E-state index contributed by atoms with van der Waals surface area (Å²) in [5, 5.41) is 58.8. The summed E-state index contributed by atoms with van der Waals surface area (Å²) >= 11 is 0. The zero-order valence-corrected chi connectivity index (χ0v) is 31.8. The van der Waals surface area contributed by atoms with E-state index in [1.54, 1.807) is 24.3 Å². The van der Waals surface area contributed by atoms with Crippen molar-refractivity contribution < 1.29 is 64.2 Å². The van der Waals surface area contributed by atoms with Gasteiger partial charge in [-0.3, -0.25) is 35.3 Å². The van der Waals surface area contributed by atoms with Gasteiger partial charge in [-0.1, -0.05) is 62.4 Å². The number of esters is 1. The fraction of sp³-hybridized carbons (Fsp3) is 0.400. The molecule has 16 nitrogen and oxygen atoms in total. The van der Waals surface area contributed by atoms with Gasteiger partial charge in [-0.25, -0.2) is 9.23 Å². The van der Waals surface area contributed by atoms with Crippen LogP contribution in [0.4, 0.5) is 10.1 Å². The number of carbonyl (C=O) groups is 2. The number of nitrogens with one attached hydrogen (secondary N) is 1. The molecule has 4 rings (SSSR count). The van der Waals surface area contributed by atoms with Crippen LogP contribution in [-0.2, 0) is 30.5 Å². The van der Waals surface area contributed by atoms with Crippen molar-refractivity contribution >= 4 is 17.6 Å². The second kappa shape index (κ2) is 22.9. The summed E-state index contributed by atoms with van der Waals surface area (Å²) in [7, 11) is 0. The number of aliphatic hydroxyl groups is 2. The summed E-state index contributed by atoms with van der Waals surface area (Å²) in [5.74, 6) is -1.59. The highest BCUT2D eigenvalue weighted by Crippen LogP contribution is 2.42. The Morgan fingerprint density at radius 3 is 2.11 bits per heavy atom. The Morgan fingerprint density at radius 2 is 1.47 bits per heavy atom. The van der Waals surface area contributed by atoms with Crippen LogP contribution in [0, 0.1) is 5.82 Å². The third-order valence-corrected chi connectivity index (χ3v) is 8.81. The predicted molar refractivity (Wildman–Crippen MR) is 202 cm³/mol. The number of amides is 1. The molecule has 17 heteroatoms. The zero-order valence-electron chi connectivity index (χ0n) is 31.8. The average molecular weight is 799 g/mol. The Labute approximate surface area is 329 Å². The molecular formula is C40H51FN4O12. The van der Waals surface area contributed by atoms with E-state index in [1.807, 2.05) is 66.9 Å². The highest BCUT2D eigenvalue weighted by atomic mass is 19.1. The van der Waals surface area contributed by atoms with Crippen LogP contribution in [0.15, 0.2) is 84.9 Å². The van der Waals surface area contributed by atoms with E-state index in [4.69, 9.17) is 30.3 Å². The van der Waals surface area contributed by atoms with Crippen LogP contribution in [0.1, 0.15) is 67.9 Å². The maximum atomic E-state index is 14.3. The van der Waals surface area contributed by atoms with Gasteiger partial charge in [0.15, 0.2) is 0 Å². The summed E-state index contributed by atoms with van der Waals surface area (Å²) in [5.41, 5.74) is 4.55. The van der Waals surface area contributed by atoms with E-state index < -0.39 is 40.9 Å². The van der Waals surface area contributed by atoms with Gasteiger partial charge in [0.2, 0.25) is 0 Å². The van der Waals surface area contributed by atoms with Crippen molar-refractivity contribution in [1.29, 1.82) is 0 Å². The Hall–Kier alpha value is -4.63. The third kappa shape index (κ3) is 14.4. The molecule has 0 fully saturated rings. The lowest BCUT2D eigenvalue weighted by molar-refractivity contribution is -0.511. The fourth-order valence-electron chi connectivity index (χ4n) is 6.38. The van der Waals surface area contributed by atoms with Crippen LogP contribution >= 0.6 is 0 Å². The van der Waals surface area contributed by atoms with E-state index in [1.165, 1.54) is 12.1 Å². The standard InChI is InChI=1S/C40H51FN4O12/c1-27(2)38-37(40(49)42-31-12-7-4-8-13-31)36(28-10-5-3-6-11-28)39(29-14-16-30(41)17-15-29)43(38)20-18-32(46)24-33(47)25-35(48)55-22-9-21-54-26-34(57-45(52)53)19-23-56-44(50)51/h3-8,10-17,27,32-34,46-47,50-53H,9,18-26H2,1-2H3,(H,42,49). The van der Waals surface area contributed by atoms with Gasteiger partial charge in [-0.05, 0) is 66.3 Å². The van der Waals surface area contributed by atoms with E-state index >= 15 is 0 Å². The number of ether oxygens (including phenoxy) is 2. The minimum atomic E-state index is -1.21. The molecule has 0 aliphatic rings. The van der Waals surface area contributed by atoms with E-state index in [0.29, 0.717) is 33.8 Å². The molecule has 310 valence electrons. The molecule has 3 atom stereocenters. The Kier molecular flexibility index (Phi) is 18.1. The molecule has 0 bridgehead atoms. The van der Waals surface area contributed by atoms with Gasteiger partial charge in [-0.2, -0.15) is 0 Å². The van der Waals surface area contributed by atoms with Crippen LogP contribution in [0.2, 0.25) is 0 Å². The van der Waals surface area contributed by atoms with Gasteiger partial charge in [0, 0.05) is 42.9 Å². The molecule has 0 radical (unpaired) electrons. The number of nitrogens with zero attached hydrogens (tertiary/aromatic N) is 3. The molecule has 1 aromatic heterocycles. The second-order valence-electron chi connectivity index (χ2n) is 13.5. The molecule has 0 saturated heterocycles. The van der Waals surface area contributed by atoms with E-state index in [-0.39, 0.29) is 76.9 Å². The zero-order chi connectivity index (χ0) is 41.3. The predicted octanol–water partition coefficient (Wildman–Crippen LogP) is 5.96. The first-order chi connectivity index (χ1) is 27.3. The molecule has 57 heavy (non-hydrogen) atoms. The molecule has 3 aromatic carbocycles. The third-order valence-electron chi connectivity index (χ3n) is 8.81. The number of rotatable bonds is 24. The molecule has 3 unspecified atom stereocenters. The number of aromatic nitrogens is 1. The highest BCUT2D eigenvalue weighted by molar-refractivity contribution is 6.12. The number of carbonyl (C=O) groups excluding carboxylic acids is 2. The van der Waals surface area contributed by atoms with Crippen molar-refractivity contribution in [3.63, 3.8) is 0 Å². The van der Waals surface area contributed by atoms with Crippen molar-refractivity contribution in [3.05, 3.63) is 102 Å². The molecule has 7 N–H and O–H groups in total. The number of anilines is 1. The fourth-order valence-corrected chi connectivity index (χ4v) is 6.38. The monoisotopic (exact) mass is 798 g/mol. The van der Waals surface area contributed by atoms with Gasteiger partial charge < -0.3 is 29.6 Å². The first-order valence-corrected chi connectivity index (χ1v) is 18.5. The lowest BCUT2D eigenvalue weighted by atomic mass is 9.94. The SMILES string of the molecule is CC(C)c1c(C(=O)Nc2ccccc2)c(-c2ccccc2)c(-c2ccc(F)cc2)n1CCC(O)CC(O)CC(=O)OCCCOCC(CCON(O)O)ON(O)O. The minimum Gasteiger partial charge on any atom is -0.466 e. The smallest absolute Gasteiger partial charge is 0.308 e. The summed E-state index contributed by atoms with van der Waals surface area (Å²) < 4.78 is 26.8. The van der Waals surface area contributed by atoms with Crippen LogP contribution in [-0.4, -0.2) is 103 Å². The number of para-hydroxylation sites is 1. The molecule has 0 spiro atoms. The summed E-state index contributed by atoms with van der Waals surface area (Å²) in [6.07, 6.45) is -3.26. The first-order valence-electron chi connectivity index (χ1n) is 18.5. The summed E-state index contributed by atoms with van der Waals surface area (Å²) in [6, 6.07) is 24.6. The number of aliphatic hydroxyl groups excluding tert-OH is 2. The van der Waals surface area contributed by atoms with Crippen molar-refractivity contribution in [2.45, 2.75) is 76.7 Å². The second-order valence-corrected chi connectivity index (χ2v) is 13.5. The van der Waals surface area contributed by atoms with Gasteiger partial charge in [-0.15, -0.1) is 0 Å². The topological polar surface area (TPSA) is 216 Å². The first kappa shape index (κ1) is 45.1. The Balaban J connectivity index is 1.42. The van der Waals surface area contributed by atoms with Gasteiger partial charge >= 0.3 is 5.97 Å². The largest absolute Gasteiger partial charge is 0.466 e. The average Bonchev–Trinajstić information content (AvgIpc) is 3.51. The summed E-state index contributed by atoms with van der Waals surface area (Å²) in [6.45, 7) is 3.85. The van der Waals surface area contributed by atoms with E-state index in [9.17, 15) is 24.2 Å². The Bertz CT molecular complexity index is 1810. The van der Waals surface area contributed by atoms with Gasteiger partial charge in [0.1, 0.15) is 11.9 Å². The van der Waals surface area contributed by atoms with Gasteiger partial charge in [0.05, 0.1) is 60.5 Å². The van der Waals surface area contributed by atoms with Crippen molar-refractivity contribution in [1.82, 2.24) is 15.3 Å². The number of halogens is 1. The minimum absolute atomic E-state index is 0.00459. The highest BCUT2D eigenvalue weighted by Gasteiger charge is 2.31. The molecule has 1 heterocycles. The summed E-state index contributed by atoms with van der Waals surface area (Å²) in [4.78, 5) is 35.8. The molecule has 0 aliphatic heterocycles. The lowest BCUT2D eigenvalue weighted by Crippen LogP contribution is -2.30. The molecule has 0 saturated carbocycles. The molecule has 0 aliphatic carbocycles. The van der Waals surface area contributed by atoms with Crippen LogP contribution in [0.3, 0.4) is 0 Å². The number of hydrogen-bond donors (Lipinski definition) is 7. The lowest BCUT2D eigenvalue weighted by Gasteiger charge is -2.20. The quantitative estimate of drug-likeness (QED) is 0.0247. The maximum Gasteiger partial charge on any atom is 0.308 e. The van der Waals surface area contributed by atoms with E-state index in [2.05, 4.69) is 15.0 Å². The van der Waals surface area contributed by atoms with Gasteiger partial charge in [0.25, 0.3) is 5.91 Å². The van der Waals surface area contributed by atoms with Crippen LogP contribution < -0.4 is 5.32 Å². The maximum absolute atomic E-state index is 14.3. The van der Waals surface area contributed by atoms with Crippen LogP contribution in [0.5, 0.6) is 0 Å². The van der Waals surface area contributed by atoms with Crippen molar-refractivity contribution in [3.8, 4) is 22.4 Å². The molecule has 1 amide bonds. The van der Waals surface area contributed by atoms with Crippen molar-refractivity contribution in [2.24, 2.45) is 0 Å². The normalized spacial score (nSPS) is 13.3. The number of benzene rings is 3. The Morgan fingerprint density at radius 1 is 0.807 bits per heavy atom. The number of hydrogen-bond acceptors (Lipinski definition) is 14. The van der Waals surface area contributed by atoms with E-state index in [0.717, 1.165) is 5.56 Å². The van der Waals surface area contributed by atoms with Crippen LogP contribution in [0.25, 0.3) is 22.4 Å². The molecular weight excluding hydrogens is 747 g/mol. The van der Waals surface area contributed by atoms with Crippen molar-refractivity contribution in [2.75, 3.05) is 31.7 Å². The molecule has 4 aromatic rings.